The van der Waals surface area contributed by atoms with Crippen LogP contribution < -0.4 is 5.19 Å². The Morgan fingerprint density at radius 3 is 2.36 bits per heavy atom. The molecule has 0 fully saturated rings. The van der Waals surface area contributed by atoms with Crippen LogP contribution >= 0.6 is 0 Å². The van der Waals surface area contributed by atoms with Crippen molar-refractivity contribution in [3.8, 4) is 22.4 Å². The summed E-state index contributed by atoms with van der Waals surface area (Å²) in [5.74, 6) is 0. The zero-order chi connectivity index (χ0) is 19.3. The number of aromatic nitrogens is 3. The van der Waals surface area contributed by atoms with Gasteiger partial charge >= 0.3 is 0 Å². The number of hydrogen-bond acceptors (Lipinski definition) is 3. The van der Waals surface area contributed by atoms with Gasteiger partial charge in [0.25, 0.3) is 0 Å². The molecular formula is C23H21N3OSi. The molecule has 4 nitrogen and oxygen atoms in total. The van der Waals surface area contributed by atoms with E-state index in [9.17, 15) is 0 Å². The lowest BCUT2D eigenvalue weighted by Crippen LogP contribution is -2.37. The number of hydrogen-bond donors (Lipinski definition) is 0. The topological polar surface area (TPSA) is 43.3 Å². The Bertz CT molecular complexity index is 1280. The van der Waals surface area contributed by atoms with Gasteiger partial charge in [0.2, 0.25) is 5.71 Å². The molecule has 0 amide bonds. The first-order valence-electron chi connectivity index (χ1n) is 9.44. The standard InChI is InChI=1S/C23H21N3OSi/c1-28(2,3)17-12-13-20(24-14-17)18-10-7-11-21-22(18)27-23-19(15-25-26(21)23)16-8-5-4-6-9-16/h4-15H,1-3H3. The van der Waals surface area contributed by atoms with Gasteiger partial charge in [-0.05, 0) is 28.9 Å². The Morgan fingerprint density at radius 1 is 0.821 bits per heavy atom. The fraction of sp³-hybridized carbons (Fsp3) is 0.130. The Labute approximate surface area is 164 Å². The largest absolute Gasteiger partial charge is 0.435 e. The van der Waals surface area contributed by atoms with Gasteiger partial charge in [-0.1, -0.05) is 62.1 Å². The molecule has 3 aromatic heterocycles. The van der Waals surface area contributed by atoms with Crippen molar-refractivity contribution in [3.63, 3.8) is 0 Å². The summed E-state index contributed by atoms with van der Waals surface area (Å²) >= 11 is 0. The van der Waals surface area contributed by atoms with E-state index in [2.05, 4.69) is 55.1 Å². The van der Waals surface area contributed by atoms with Crippen molar-refractivity contribution in [2.45, 2.75) is 19.6 Å². The van der Waals surface area contributed by atoms with Crippen LogP contribution in [0, 0.1) is 0 Å². The fourth-order valence-corrected chi connectivity index (χ4v) is 4.55. The molecule has 0 radical (unpaired) electrons. The average molecular weight is 384 g/mol. The van der Waals surface area contributed by atoms with Crippen molar-refractivity contribution in [2.75, 3.05) is 0 Å². The summed E-state index contributed by atoms with van der Waals surface area (Å²) in [6.45, 7) is 6.99. The zero-order valence-corrected chi connectivity index (χ0v) is 17.2. The van der Waals surface area contributed by atoms with Gasteiger partial charge in [0.05, 0.1) is 25.5 Å². The summed E-state index contributed by atoms with van der Waals surface area (Å²) in [6, 6.07) is 20.6. The number of rotatable bonds is 3. The quantitative estimate of drug-likeness (QED) is 0.394. The highest BCUT2D eigenvalue weighted by Crippen LogP contribution is 2.34. The SMILES string of the molecule is C[Si](C)(C)c1ccc(-c2cccc3c2oc2c(-c4ccccc4)cnn23)nc1. The smallest absolute Gasteiger partial charge is 0.230 e. The van der Waals surface area contributed by atoms with E-state index in [-0.39, 0.29) is 0 Å². The first-order valence-corrected chi connectivity index (χ1v) is 12.9. The van der Waals surface area contributed by atoms with Crippen LogP contribution in [0.1, 0.15) is 0 Å². The Hall–Kier alpha value is -3.18. The molecule has 0 aliphatic rings. The van der Waals surface area contributed by atoms with Crippen LogP contribution in [-0.4, -0.2) is 22.7 Å². The summed E-state index contributed by atoms with van der Waals surface area (Å²) in [5, 5.41) is 5.92. The van der Waals surface area contributed by atoms with Crippen LogP contribution in [-0.2, 0) is 0 Å². The van der Waals surface area contributed by atoms with Crippen molar-refractivity contribution >= 4 is 30.1 Å². The maximum Gasteiger partial charge on any atom is 0.230 e. The summed E-state index contributed by atoms with van der Waals surface area (Å²) in [4.78, 5) is 4.75. The summed E-state index contributed by atoms with van der Waals surface area (Å²) in [7, 11) is -1.37. The fourth-order valence-electron chi connectivity index (χ4n) is 3.52. The predicted octanol–water partition coefficient (Wildman–Crippen LogP) is 5.35. The highest BCUT2D eigenvalue weighted by atomic mass is 28.3. The van der Waals surface area contributed by atoms with E-state index in [4.69, 9.17) is 9.40 Å². The van der Waals surface area contributed by atoms with E-state index in [0.717, 1.165) is 39.2 Å². The number of pyridine rings is 1. The summed E-state index contributed by atoms with van der Waals surface area (Å²) < 4.78 is 8.20. The molecule has 0 aliphatic heterocycles. The number of nitrogens with zero attached hydrogens (tertiary/aromatic N) is 3. The zero-order valence-electron chi connectivity index (χ0n) is 16.2. The van der Waals surface area contributed by atoms with Gasteiger partial charge in [0.1, 0.15) is 5.52 Å². The van der Waals surface area contributed by atoms with Gasteiger partial charge in [0, 0.05) is 11.8 Å². The van der Waals surface area contributed by atoms with Crippen LogP contribution in [0.4, 0.5) is 0 Å². The molecule has 5 heteroatoms. The lowest BCUT2D eigenvalue weighted by molar-refractivity contribution is 0.653. The van der Waals surface area contributed by atoms with Gasteiger partial charge < -0.3 is 4.42 Å². The van der Waals surface area contributed by atoms with Gasteiger partial charge in [-0.15, -0.1) is 0 Å². The molecule has 3 heterocycles. The van der Waals surface area contributed by atoms with E-state index in [1.165, 1.54) is 5.19 Å². The van der Waals surface area contributed by atoms with Crippen LogP contribution in [0.25, 0.3) is 39.2 Å². The second-order valence-electron chi connectivity index (χ2n) is 8.08. The highest BCUT2D eigenvalue weighted by molar-refractivity contribution is 6.88. The van der Waals surface area contributed by atoms with Crippen LogP contribution in [0.5, 0.6) is 0 Å². The van der Waals surface area contributed by atoms with Gasteiger partial charge in [-0.3, -0.25) is 4.98 Å². The molecule has 0 unspecified atom stereocenters. The van der Waals surface area contributed by atoms with Crippen LogP contribution in [0.15, 0.2) is 77.5 Å². The third-order valence-electron chi connectivity index (χ3n) is 5.14. The molecule has 138 valence electrons. The minimum Gasteiger partial charge on any atom is -0.435 e. The Kier molecular flexibility index (Phi) is 3.74. The normalized spacial score (nSPS) is 12.1. The molecular weight excluding hydrogens is 362 g/mol. The number of oxazole rings is 1. The molecule has 0 bridgehead atoms. The van der Waals surface area contributed by atoms with Crippen LogP contribution in [0.2, 0.25) is 19.6 Å². The molecule has 0 N–H and O–H groups in total. The van der Waals surface area contributed by atoms with E-state index >= 15 is 0 Å². The molecule has 0 aliphatic carbocycles. The molecule has 5 rings (SSSR count). The van der Waals surface area contributed by atoms with E-state index in [1.807, 2.05) is 47.2 Å². The monoisotopic (exact) mass is 383 g/mol. The van der Waals surface area contributed by atoms with Gasteiger partial charge in [-0.25, -0.2) is 0 Å². The van der Waals surface area contributed by atoms with E-state index in [0.29, 0.717) is 0 Å². The number of fused-ring (bicyclic) bond motifs is 3. The van der Waals surface area contributed by atoms with Crippen molar-refractivity contribution in [1.29, 1.82) is 0 Å². The highest BCUT2D eigenvalue weighted by Gasteiger charge is 2.19. The van der Waals surface area contributed by atoms with Crippen molar-refractivity contribution in [1.82, 2.24) is 14.6 Å². The molecule has 0 saturated carbocycles. The molecule has 2 aromatic carbocycles. The minimum atomic E-state index is -1.37. The van der Waals surface area contributed by atoms with E-state index in [1.54, 1.807) is 0 Å². The lowest BCUT2D eigenvalue weighted by Gasteiger charge is -2.16. The Balaban J connectivity index is 1.69. The third kappa shape index (κ3) is 2.67. The molecule has 0 atom stereocenters. The van der Waals surface area contributed by atoms with Gasteiger partial charge in [0.15, 0.2) is 5.58 Å². The van der Waals surface area contributed by atoms with Crippen molar-refractivity contribution in [2.24, 2.45) is 0 Å². The average Bonchev–Trinajstić information content (AvgIpc) is 3.27. The van der Waals surface area contributed by atoms with Crippen molar-refractivity contribution in [3.05, 3.63) is 73.1 Å². The van der Waals surface area contributed by atoms with Crippen molar-refractivity contribution < 1.29 is 4.42 Å². The Morgan fingerprint density at radius 2 is 1.64 bits per heavy atom. The first-order chi connectivity index (χ1) is 13.5. The number of benzene rings is 2. The first kappa shape index (κ1) is 17.0. The summed E-state index contributed by atoms with van der Waals surface area (Å²) in [5.41, 5.74) is 6.52. The summed E-state index contributed by atoms with van der Waals surface area (Å²) in [6.07, 6.45) is 3.88. The molecule has 0 saturated heterocycles. The second kappa shape index (κ2) is 6.17. The lowest BCUT2D eigenvalue weighted by atomic mass is 10.1. The van der Waals surface area contributed by atoms with Crippen LogP contribution in [0.3, 0.4) is 0 Å². The van der Waals surface area contributed by atoms with E-state index < -0.39 is 8.07 Å². The minimum absolute atomic E-state index is 0.757. The molecule has 28 heavy (non-hydrogen) atoms. The number of para-hydroxylation sites is 1. The maximum atomic E-state index is 6.33. The molecule has 5 aromatic rings. The third-order valence-corrected chi connectivity index (χ3v) is 7.16. The molecule has 0 spiro atoms. The van der Waals surface area contributed by atoms with Gasteiger partial charge in [-0.2, -0.15) is 9.61 Å². The predicted molar refractivity (Wildman–Crippen MR) is 117 cm³/mol. The maximum absolute atomic E-state index is 6.33. The second-order valence-corrected chi connectivity index (χ2v) is 13.2.